The summed E-state index contributed by atoms with van der Waals surface area (Å²) in [6, 6.07) is 14.8. The summed E-state index contributed by atoms with van der Waals surface area (Å²) in [5.41, 5.74) is 6.88. The molecule has 0 aliphatic heterocycles. The summed E-state index contributed by atoms with van der Waals surface area (Å²) in [6.45, 7) is 10.4. The molecule has 0 radical (unpaired) electrons. The largest absolute Gasteiger partial charge is 0.462 e. The minimum absolute atomic E-state index is 0.134. The van der Waals surface area contributed by atoms with Crippen LogP contribution in [-0.2, 0) is 16.6 Å². The van der Waals surface area contributed by atoms with Crippen molar-refractivity contribution in [3.63, 3.8) is 0 Å². The van der Waals surface area contributed by atoms with Gasteiger partial charge in [-0.25, -0.2) is 4.79 Å². The predicted molar refractivity (Wildman–Crippen MR) is 170 cm³/mol. The van der Waals surface area contributed by atoms with Crippen LogP contribution in [0.15, 0.2) is 95.5 Å². The average Bonchev–Trinajstić information content (AvgIpc) is 2.96. The summed E-state index contributed by atoms with van der Waals surface area (Å²) >= 11 is 0. The second-order valence-corrected chi connectivity index (χ2v) is 9.55. The minimum Gasteiger partial charge on any atom is -0.462 e. The van der Waals surface area contributed by atoms with E-state index in [0.717, 1.165) is 28.7 Å². The number of pyridine rings is 1. The number of nitrogens with zero attached hydrogens (tertiary/aromatic N) is 1. The van der Waals surface area contributed by atoms with E-state index in [9.17, 15) is 14.4 Å². The van der Waals surface area contributed by atoms with E-state index < -0.39 is 0 Å². The number of anilines is 3. The van der Waals surface area contributed by atoms with Crippen LogP contribution >= 0.6 is 0 Å². The number of hydrogen-bond acceptors (Lipinski definition) is 6. The monoisotopic (exact) mass is 555 g/mol. The Balaban J connectivity index is 0.000000415. The van der Waals surface area contributed by atoms with Crippen LogP contribution in [0, 0.1) is 12.8 Å². The molecule has 3 rings (SSSR count). The molecule has 0 fully saturated rings. The molecule has 2 aromatic carbocycles. The third-order valence-electron chi connectivity index (χ3n) is 6.28. The first-order valence-electron chi connectivity index (χ1n) is 13.6. The molecule has 0 saturated carbocycles. The van der Waals surface area contributed by atoms with E-state index in [1.165, 1.54) is 11.6 Å². The number of aryl methyl sites for hydroxylation is 1. The molecule has 3 aromatic rings. The second kappa shape index (κ2) is 16.5. The topological polar surface area (TPSA) is 89.4 Å². The summed E-state index contributed by atoms with van der Waals surface area (Å²) in [5.74, 6) is 0.134. The van der Waals surface area contributed by atoms with Gasteiger partial charge < -0.3 is 19.9 Å². The van der Waals surface area contributed by atoms with E-state index in [1.54, 1.807) is 48.9 Å². The lowest BCUT2D eigenvalue weighted by Gasteiger charge is -2.14. The minimum atomic E-state index is -0.364. The highest BCUT2D eigenvalue weighted by molar-refractivity contribution is 5.90. The van der Waals surface area contributed by atoms with E-state index in [1.807, 2.05) is 63.5 Å². The van der Waals surface area contributed by atoms with Crippen molar-refractivity contribution in [2.75, 3.05) is 24.3 Å². The maximum atomic E-state index is 12.6. The van der Waals surface area contributed by atoms with Crippen molar-refractivity contribution in [1.29, 1.82) is 0 Å². The van der Waals surface area contributed by atoms with E-state index >= 15 is 0 Å². The molecule has 1 aromatic heterocycles. The normalized spacial score (nSPS) is 11.4. The van der Waals surface area contributed by atoms with E-state index in [4.69, 9.17) is 4.74 Å². The van der Waals surface area contributed by atoms with Crippen molar-refractivity contribution in [3.8, 4) is 11.1 Å². The Hall–Kier alpha value is -4.65. The predicted octanol–water partition coefficient (Wildman–Crippen LogP) is 7.22. The Bertz CT molecular complexity index is 1460. The number of hydrogen-bond donors (Lipinski definition) is 2. The Labute approximate surface area is 243 Å². The molecule has 0 aliphatic carbocycles. The molecule has 0 aliphatic rings. The summed E-state index contributed by atoms with van der Waals surface area (Å²) in [4.78, 5) is 34.4. The molecule has 41 heavy (non-hydrogen) atoms. The zero-order valence-corrected chi connectivity index (χ0v) is 25.0. The maximum absolute atomic E-state index is 12.6. The zero-order chi connectivity index (χ0) is 30.4. The van der Waals surface area contributed by atoms with Gasteiger partial charge in [-0.2, -0.15) is 0 Å². The van der Waals surface area contributed by atoms with Crippen LogP contribution in [0.5, 0.6) is 0 Å². The first-order valence-corrected chi connectivity index (χ1v) is 13.6. The Kier molecular flexibility index (Phi) is 13.1. The molecule has 1 heterocycles. The Morgan fingerprint density at radius 2 is 1.78 bits per heavy atom. The van der Waals surface area contributed by atoms with Gasteiger partial charge in [0, 0.05) is 37.2 Å². The van der Waals surface area contributed by atoms with Crippen LogP contribution in [-0.4, -0.2) is 30.5 Å². The number of esters is 1. The molecule has 0 saturated heterocycles. The van der Waals surface area contributed by atoms with Gasteiger partial charge in [-0.3, -0.25) is 9.59 Å². The third-order valence-corrected chi connectivity index (χ3v) is 6.28. The standard InChI is InChI=1S/C23H25N3O3.C11H16O/c1-5-29-23(28)16-9-11-18(12-10-16)25-21-13-17(14-26(4)22(21)27)19-7-6-8-20(24-3)15(19)2;1-4-7-11(10(2)3)8-5-6-9-12/h6-14,24-25H,5H2,1-4H3;4-10H,1-3H3/b;6-5+,7-4-,11-8+. The maximum Gasteiger partial charge on any atom is 0.338 e. The molecule has 0 unspecified atom stereocenters. The molecule has 0 atom stereocenters. The van der Waals surface area contributed by atoms with Gasteiger partial charge in [0.05, 0.1) is 12.2 Å². The van der Waals surface area contributed by atoms with Crippen LogP contribution in [0.1, 0.15) is 43.6 Å². The summed E-state index contributed by atoms with van der Waals surface area (Å²) in [6.07, 6.45) is 11.9. The lowest BCUT2D eigenvalue weighted by Crippen LogP contribution is -2.19. The first kappa shape index (κ1) is 32.6. The van der Waals surface area contributed by atoms with Gasteiger partial charge >= 0.3 is 5.97 Å². The Morgan fingerprint density at radius 3 is 2.37 bits per heavy atom. The van der Waals surface area contributed by atoms with Crippen molar-refractivity contribution in [2.24, 2.45) is 13.0 Å². The molecule has 0 spiro atoms. The van der Waals surface area contributed by atoms with Crippen molar-refractivity contribution < 1.29 is 14.3 Å². The summed E-state index contributed by atoms with van der Waals surface area (Å²) < 4.78 is 6.56. The smallest absolute Gasteiger partial charge is 0.338 e. The van der Waals surface area contributed by atoms with Gasteiger partial charge in [0.15, 0.2) is 0 Å². The number of aromatic nitrogens is 1. The number of nitrogens with one attached hydrogen (secondary N) is 2. The number of ether oxygens (including phenoxy) is 1. The fourth-order valence-electron chi connectivity index (χ4n) is 4.07. The third kappa shape index (κ3) is 9.49. The molecular formula is C34H41N3O4. The van der Waals surface area contributed by atoms with Crippen LogP contribution in [0.3, 0.4) is 0 Å². The quantitative estimate of drug-likeness (QED) is 0.119. The number of aldehydes is 1. The zero-order valence-electron chi connectivity index (χ0n) is 25.0. The van der Waals surface area contributed by atoms with Gasteiger partial charge in [0.1, 0.15) is 12.0 Å². The lowest BCUT2D eigenvalue weighted by atomic mass is 10.00. The van der Waals surface area contributed by atoms with Gasteiger partial charge in [0.2, 0.25) is 0 Å². The number of carbonyl (C=O) groups excluding carboxylic acids is 2. The van der Waals surface area contributed by atoms with Gasteiger partial charge in [-0.05, 0) is 85.9 Å². The van der Waals surface area contributed by atoms with Crippen LogP contribution < -0.4 is 16.2 Å². The number of benzene rings is 2. The highest BCUT2D eigenvalue weighted by atomic mass is 16.5. The lowest BCUT2D eigenvalue weighted by molar-refractivity contribution is -0.104. The van der Waals surface area contributed by atoms with E-state index in [-0.39, 0.29) is 11.5 Å². The van der Waals surface area contributed by atoms with Gasteiger partial charge in [0.25, 0.3) is 5.56 Å². The molecule has 0 bridgehead atoms. The van der Waals surface area contributed by atoms with E-state index in [2.05, 4.69) is 30.6 Å². The molecule has 216 valence electrons. The average molecular weight is 556 g/mol. The molecule has 2 N–H and O–H groups in total. The Morgan fingerprint density at radius 1 is 1.07 bits per heavy atom. The first-order chi connectivity index (χ1) is 19.7. The molecule has 7 nitrogen and oxygen atoms in total. The highest BCUT2D eigenvalue weighted by Gasteiger charge is 2.11. The summed E-state index contributed by atoms with van der Waals surface area (Å²) in [7, 11) is 3.62. The van der Waals surface area contributed by atoms with Crippen LogP contribution in [0.4, 0.5) is 17.1 Å². The molecular weight excluding hydrogens is 514 g/mol. The molecule has 0 amide bonds. The summed E-state index contributed by atoms with van der Waals surface area (Å²) in [5, 5.41) is 6.36. The highest BCUT2D eigenvalue weighted by Crippen LogP contribution is 2.29. The fraction of sp³-hybridized carbons (Fsp3) is 0.265. The van der Waals surface area contributed by atoms with Gasteiger partial charge in [-0.15, -0.1) is 0 Å². The van der Waals surface area contributed by atoms with E-state index in [0.29, 0.717) is 29.5 Å². The SMILES string of the molecule is CCOC(=O)c1ccc(Nc2cc(-c3cccc(NC)c3C)cn(C)c2=O)cc1.C\C=C/C(=C\C=C\C=O)C(C)C. The second-order valence-electron chi connectivity index (χ2n) is 9.55. The fourth-order valence-corrected chi connectivity index (χ4v) is 4.07. The van der Waals surface area contributed by atoms with Crippen LogP contribution in [0.25, 0.3) is 11.1 Å². The number of allylic oxidation sites excluding steroid dienone is 6. The van der Waals surface area contributed by atoms with Crippen molar-refractivity contribution >= 4 is 29.3 Å². The van der Waals surface area contributed by atoms with Crippen molar-refractivity contribution in [1.82, 2.24) is 4.57 Å². The number of carbonyl (C=O) groups is 2. The van der Waals surface area contributed by atoms with Crippen LogP contribution in [0.2, 0.25) is 0 Å². The molecule has 7 heteroatoms. The van der Waals surface area contributed by atoms with Crippen molar-refractivity contribution in [2.45, 2.75) is 34.6 Å². The number of rotatable bonds is 10. The van der Waals surface area contributed by atoms with Gasteiger partial charge in [-0.1, -0.05) is 50.3 Å². The van der Waals surface area contributed by atoms with Crippen molar-refractivity contribution in [3.05, 3.63) is 112 Å².